The summed E-state index contributed by atoms with van der Waals surface area (Å²) in [5.41, 5.74) is 6.21. The molecule has 2 aromatic heterocycles. The van der Waals surface area contributed by atoms with E-state index in [2.05, 4.69) is 21.6 Å². The lowest BCUT2D eigenvalue weighted by molar-refractivity contribution is -0.129. The third-order valence-corrected chi connectivity index (χ3v) is 8.10. The van der Waals surface area contributed by atoms with E-state index in [0.717, 1.165) is 17.8 Å². The van der Waals surface area contributed by atoms with Crippen LogP contribution in [0, 0.1) is 5.82 Å². The second kappa shape index (κ2) is 10.2. The number of hydrogen-bond donors (Lipinski definition) is 2. The molecule has 1 aliphatic rings. The SMILES string of the molecule is CC1(c2nc(-c3cccc(NS(=O)CCC(F)(F)F)c3F)c(-c3ccnc(N)n3)s2)CCOCC1. The van der Waals surface area contributed by atoms with Crippen molar-refractivity contribution in [1.29, 1.82) is 0 Å². The van der Waals surface area contributed by atoms with E-state index in [1.807, 2.05) is 0 Å². The first-order chi connectivity index (χ1) is 16.6. The molecule has 3 aromatic rings. The number of halogens is 4. The summed E-state index contributed by atoms with van der Waals surface area (Å²) in [4.78, 5) is 13.6. The predicted octanol–water partition coefficient (Wildman–Crippen LogP) is 5.08. The summed E-state index contributed by atoms with van der Waals surface area (Å²) in [6.45, 7) is 3.24. The van der Waals surface area contributed by atoms with Crippen molar-refractivity contribution in [2.75, 3.05) is 29.4 Å². The molecule has 35 heavy (non-hydrogen) atoms. The maximum atomic E-state index is 15.6. The Kier molecular flexibility index (Phi) is 7.38. The van der Waals surface area contributed by atoms with Gasteiger partial charge < -0.3 is 15.2 Å². The Morgan fingerprint density at radius 3 is 2.66 bits per heavy atom. The molecule has 0 radical (unpaired) electrons. The third kappa shape index (κ3) is 5.96. The van der Waals surface area contributed by atoms with E-state index >= 15 is 4.39 Å². The molecule has 0 aliphatic carbocycles. The van der Waals surface area contributed by atoms with Crippen molar-refractivity contribution in [3.63, 3.8) is 0 Å². The van der Waals surface area contributed by atoms with Crippen LogP contribution in [0.3, 0.4) is 0 Å². The van der Waals surface area contributed by atoms with Crippen LogP contribution in [0.1, 0.15) is 31.2 Å². The Morgan fingerprint density at radius 1 is 1.23 bits per heavy atom. The van der Waals surface area contributed by atoms with Crippen LogP contribution in [0.25, 0.3) is 21.8 Å². The second-order valence-electron chi connectivity index (χ2n) is 8.35. The molecule has 3 heterocycles. The van der Waals surface area contributed by atoms with Crippen molar-refractivity contribution in [1.82, 2.24) is 15.0 Å². The van der Waals surface area contributed by atoms with Crippen LogP contribution in [0.15, 0.2) is 30.5 Å². The third-order valence-electron chi connectivity index (χ3n) is 5.70. The number of alkyl halides is 3. The summed E-state index contributed by atoms with van der Waals surface area (Å²) in [6, 6.07) is 6.00. The zero-order valence-corrected chi connectivity index (χ0v) is 20.3. The van der Waals surface area contributed by atoms with E-state index in [1.165, 1.54) is 35.7 Å². The lowest BCUT2D eigenvalue weighted by Gasteiger charge is -2.31. The van der Waals surface area contributed by atoms with Crippen LogP contribution in [0.5, 0.6) is 0 Å². The molecule has 3 N–H and O–H groups in total. The molecule has 0 amide bonds. The maximum Gasteiger partial charge on any atom is 0.390 e. The normalized spacial score (nSPS) is 16.7. The quantitative estimate of drug-likeness (QED) is 0.414. The van der Waals surface area contributed by atoms with Crippen molar-refractivity contribution >= 4 is 34.0 Å². The number of ether oxygens (including phenoxy) is 1. The highest BCUT2D eigenvalue weighted by Gasteiger charge is 2.35. The minimum absolute atomic E-state index is 0.0524. The van der Waals surface area contributed by atoms with Gasteiger partial charge in [-0.15, -0.1) is 11.3 Å². The Balaban J connectivity index is 1.74. The van der Waals surface area contributed by atoms with Gasteiger partial charge in [0.25, 0.3) is 0 Å². The fourth-order valence-corrected chi connectivity index (χ4v) is 5.82. The first-order valence-electron chi connectivity index (χ1n) is 10.7. The number of thiazole rings is 1. The molecule has 13 heteroatoms. The van der Waals surface area contributed by atoms with Gasteiger partial charge >= 0.3 is 6.18 Å². The maximum absolute atomic E-state index is 15.6. The average molecular weight is 530 g/mol. The highest BCUT2D eigenvalue weighted by molar-refractivity contribution is 7.86. The summed E-state index contributed by atoms with van der Waals surface area (Å²) in [6.07, 6.45) is -2.72. The van der Waals surface area contributed by atoms with E-state index in [4.69, 9.17) is 15.5 Å². The minimum Gasteiger partial charge on any atom is -0.381 e. The highest BCUT2D eigenvalue weighted by Crippen LogP contribution is 2.44. The van der Waals surface area contributed by atoms with Crippen LogP contribution < -0.4 is 10.5 Å². The van der Waals surface area contributed by atoms with E-state index in [1.54, 1.807) is 6.07 Å². The van der Waals surface area contributed by atoms with Crippen LogP contribution >= 0.6 is 11.3 Å². The van der Waals surface area contributed by atoms with Crippen LogP contribution in [0.4, 0.5) is 29.2 Å². The second-order valence-corrected chi connectivity index (χ2v) is 10.7. The number of aromatic nitrogens is 3. The molecule has 1 aliphatic heterocycles. The van der Waals surface area contributed by atoms with Gasteiger partial charge in [0, 0.05) is 30.4 Å². The zero-order valence-electron chi connectivity index (χ0n) is 18.7. The number of hydrogen-bond acceptors (Lipinski definition) is 7. The van der Waals surface area contributed by atoms with Crippen LogP contribution in [-0.4, -0.2) is 44.3 Å². The molecule has 1 saturated heterocycles. The number of nitrogens with two attached hydrogens (primary N) is 1. The first kappa shape index (κ1) is 25.5. The number of rotatable bonds is 7. The standard InChI is InChI=1S/C22H23F4N5O2S2/c1-21(6-10-33-11-7-21)19-30-17(18(34-19)15-5-9-28-20(27)29-15)13-3-2-4-14(16(13)23)31-35(32)12-8-22(24,25)26/h2-5,9,31H,6-8,10-12H2,1H3,(H2,27,28,29). The first-order valence-corrected chi connectivity index (χ1v) is 12.9. The summed E-state index contributed by atoms with van der Waals surface area (Å²) < 4.78 is 73.0. The molecule has 1 fully saturated rings. The molecule has 4 rings (SSSR count). The van der Waals surface area contributed by atoms with Gasteiger partial charge in [0.1, 0.15) is 11.0 Å². The number of nitrogens with zero attached hydrogens (tertiary/aromatic N) is 3. The molecule has 0 spiro atoms. The van der Waals surface area contributed by atoms with Gasteiger partial charge in [-0.3, -0.25) is 0 Å². The monoisotopic (exact) mass is 529 g/mol. The molecule has 1 unspecified atom stereocenters. The average Bonchev–Trinajstić information content (AvgIpc) is 3.25. The molecular formula is C22H23F4N5O2S2. The summed E-state index contributed by atoms with van der Waals surface area (Å²) in [5.74, 6) is -1.42. The van der Waals surface area contributed by atoms with Crippen LogP contribution in [-0.2, 0) is 21.1 Å². The fourth-order valence-electron chi connectivity index (χ4n) is 3.65. The molecule has 188 valence electrons. The van der Waals surface area contributed by atoms with Crippen molar-refractivity contribution in [3.8, 4) is 21.8 Å². The largest absolute Gasteiger partial charge is 0.390 e. The summed E-state index contributed by atoms with van der Waals surface area (Å²) in [5, 5.41) is 0.787. The number of nitrogen functional groups attached to an aromatic ring is 1. The van der Waals surface area contributed by atoms with Crippen molar-refractivity contribution in [3.05, 3.63) is 41.3 Å². The molecule has 0 saturated carbocycles. The zero-order chi connectivity index (χ0) is 25.2. The van der Waals surface area contributed by atoms with Crippen LogP contribution in [0.2, 0.25) is 0 Å². The van der Waals surface area contributed by atoms with Gasteiger partial charge in [-0.25, -0.2) is 23.6 Å². The van der Waals surface area contributed by atoms with Gasteiger partial charge in [0.05, 0.1) is 39.1 Å². The Bertz CT molecular complexity index is 1230. The highest BCUT2D eigenvalue weighted by atomic mass is 32.2. The van der Waals surface area contributed by atoms with Gasteiger partial charge in [-0.1, -0.05) is 13.0 Å². The van der Waals surface area contributed by atoms with Crippen molar-refractivity contribution < 1.29 is 26.5 Å². The lowest BCUT2D eigenvalue weighted by Crippen LogP contribution is -2.30. The minimum atomic E-state index is -4.46. The molecular weight excluding hydrogens is 506 g/mol. The fraction of sp³-hybridized carbons (Fsp3) is 0.409. The van der Waals surface area contributed by atoms with E-state index in [0.29, 0.717) is 29.5 Å². The Morgan fingerprint density at radius 2 is 1.97 bits per heavy atom. The molecule has 1 atom stereocenters. The molecule has 1 aromatic carbocycles. The van der Waals surface area contributed by atoms with Gasteiger partial charge in [0.2, 0.25) is 5.95 Å². The summed E-state index contributed by atoms with van der Waals surface area (Å²) >= 11 is 1.38. The predicted molar refractivity (Wildman–Crippen MR) is 128 cm³/mol. The number of nitrogens with one attached hydrogen (secondary N) is 1. The molecule has 0 bridgehead atoms. The lowest BCUT2D eigenvalue weighted by atomic mass is 9.83. The Hall–Kier alpha value is -2.64. The molecule has 7 nitrogen and oxygen atoms in total. The summed E-state index contributed by atoms with van der Waals surface area (Å²) in [7, 11) is -2.12. The smallest absolute Gasteiger partial charge is 0.381 e. The van der Waals surface area contributed by atoms with E-state index in [-0.39, 0.29) is 22.6 Å². The topological polar surface area (TPSA) is 103 Å². The van der Waals surface area contributed by atoms with Crippen molar-refractivity contribution in [2.45, 2.75) is 37.8 Å². The van der Waals surface area contributed by atoms with E-state index < -0.39 is 35.2 Å². The number of benzene rings is 1. The van der Waals surface area contributed by atoms with Gasteiger partial charge in [-0.2, -0.15) is 13.2 Å². The Labute approximate surface area is 205 Å². The van der Waals surface area contributed by atoms with Crippen molar-refractivity contribution in [2.24, 2.45) is 0 Å². The van der Waals surface area contributed by atoms with E-state index in [9.17, 15) is 17.4 Å². The van der Waals surface area contributed by atoms with Gasteiger partial charge in [0.15, 0.2) is 5.82 Å². The van der Waals surface area contributed by atoms with Gasteiger partial charge in [-0.05, 0) is 31.0 Å². The number of anilines is 2.